The van der Waals surface area contributed by atoms with Crippen molar-refractivity contribution in [3.05, 3.63) is 81.9 Å². The first-order valence-electron chi connectivity index (χ1n) is 10.2. The number of rotatable bonds is 8. The van der Waals surface area contributed by atoms with E-state index in [2.05, 4.69) is 4.98 Å². The van der Waals surface area contributed by atoms with Gasteiger partial charge in [-0.1, -0.05) is 53.5 Å². The van der Waals surface area contributed by atoms with Crippen LogP contribution in [-0.4, -0.2) is 41.3 Å². The Morgan fingerprint density at radius 3 is 2.39 bits per heavy atom. The minimum absolute atomic E-state index is 0.204. The van der Waals surface area contributed by atoms with E-state index in [-0.39, 0.29) is 11.5 Å². The number of methoxy groups -OCH3 is 2. The van der Waals surface area contributed by atoms with Crippen molar-refractivity contribution in [2.45, 2.75) is 12.3 Å². The SMILES string of the molecule is COCC[C@H](c1ccccc1)c1nc2c(OC)ccc(C(N)=O)c2n1-c1c(Cl)cncc1Cl. The molecule has 0 unspecified atom stereocenters. The van der Waals surface area contributed by atoms with Crippen molar-refractivity contribution in [1.29, 1.82) is 0 Å². The minimum Gasteiger partial charge on any atom is -0.494 e. The number of nitrogens with zero attached hydrogens (tertiary/aromatic N) is 3. The summed E-state index contributed by atoms with van der Waals surface area (Å²) in [5.41, 5.74) is 8.44. The number of hydrogen-bond acceptors (Lipinski definition) is 5. The van der Waals surface area contributed by atoms with E-state index in [4.69, 9.17) is 43.4 Å². The molecule has 0 aliphatic rings. The zero-order valence-electron chi connectivity index (χ0n) is 18.1. The molecule has 2 N–H and O–H groups in total. The summed E-state index contributed by atoms with van der Waals surface area (Å²) < 4.78 is 12.7. The number of ether oxygens (including phenoxy) is 2. The summed E-state index contributed by atoms with van der Waals surface area (Å²) in [6.45, 7) is 0.486. The second-order valence-corrected chi connectivity index (χ2v) is 8.19. The predicted octanol–water partition coefficient (Wildman–Crippen LogP) is 5.00. The number of carbonyl (C=O) groups is 1. The number of carbonyl (C=O) groups excluding carboxylic acids is 1. The standard InChI is InChI=1S/C24H22Cl2N4O3/c1-32-11-10-15(14-6-4-3-5-7-14)24-29-20-19(33-2)9-8-16(23(27)31)21(20)30(24)22-17(25)12-28-13-18(22)26/h3-9,12-13,15H,10-11H2,1-2H3,(H2,27,31)/t15-/m1/s1. The number of pyridine rings is 1. The average Bonchev–Trinajstić information content (AvgIpc) is 3.19. The van der Waals surface area contributed by atoms with Gasteiger partial charge in [-0.25, -0.2) is 4.98 Å². The molecule has 0 aliphatic heterocycles. The summed E-state index contributed by atoms with van der Waals surface area (Å²) in [5.74, 6) is 0.305. The number of hydrogen-bond donors (Lipinski definition) is 1. The molecular formula is C24H22Cl2N4O3. The Hall–Kier alpha value is -3.13. The number of aromatic nitrogens is 3. The Balaban J connectivity index is 2.16. The Labute approximate surface area is 201 Å². The topological polar surface area (TPSA) is 92.3 Å². The Morgan fingerprint density at radius 1 is 1.09 bits per heavy atom. The highest BCUT2D eigenvalue weighted by molar-refractivity contribution is 6.37. The maximum Gasteiger partial charge on any atom is 0.250 e. The fourth-order valence-electron chi connectivity index (χ4n) is 3.98. The normalized spacial score (nSPS) is 12.1. The Bertz CT molecular complexity index is 1290. The van der Waals surface area contributed by atoms with E-state index in [0.29, 0.717) is 51.4 Å². The summed E-state index contributed by atoms with van der Waals surface area (Å²) in [6, 6.07) is 13.2. The van der Waals surface area contributed by atoms with Gasteiger partial charge < -0.3 is 15.2 Å². The van der Waals surface area contributed by atoms with Crippen LogP contribution < -0.4 is 10.5 Å². The van der Waals surface area contributed by atoms with Crippen molar-refractivity contribution in [3.8, 4) is 11.4 Å². The van der Waals surface area contributed by atoms with Crippen molar-refractivity contribution < 1.29 is 14.3 Å². The predicted molar refractivity (Wildman–Crippen MR) is 129 cm³/mol. The van der Waals surface area contributed by atoms with Crippen molar-refractivity contribution in [1.82, 2.24) is 14.5 Å². The maximum atomic E-state index is 12.4. The average molecular weight is 485 g/mol. The zero-order valence-corrected chi connectivity index (χ0v) is 19.6. The van der Waals surface area contributed by atoms with Gasteiger partial charge >= 0.3 is 0 Å². The van der Waals surface area contributed by atoms with Crippen LogP contribution in [0.3, 0.4) is 0 Å². The molecule has 4 rings (SSSR count). The molecule has 0 bridgehead atoms. The second kappa shape index (κ2) is 9.79. The fourth-order valence-corrected chi connectivity index (χ4v) is 4.52. The molecule has 7 nitrogen and oxygen atoms in total. The largest absolute Gasteiger partial charge is 0.494 e. The van der Waals surface area contributed by atoms with Gasteiger partial charge in [0.15, 0.2) is 0 Å². The number of amides is 1. The molecule has 33 heavy (non-hydrogen) atoms. The van der Waals surface area contributed by atoms with Crippen LogP contribution in [0, 0.1) is 0 Å². The van der Waals surface area contributed by atoms with Crippen LogP contribution >= 0.6 is 23.2 Å². The summed E-state index contributed by atoms with van der Waals surface area (Å²) >= 11 is 13.2. The lowest BCUT2D eigenvalue weighted by Crippen LogP contribution is -2.15. The Morgan fingerprint density at radius 2 is 1.79 bits per heavy atom. The highest BCUT2D eigenvalue weighted by Crippen LogP contribution is 2.40. The molecule has 9 heteroatoms. The monoisotopic (exact) mass is 484 g/mol. The van der Waals surface area contributed by atoms with Gasteiger partial charge in [0.05, 0.1) is 33.9 Å². The van der Waals surface area contributed by atoms with Gasteiger partial charge in [0.25, 0.3) is 5.91 Å². The third-order valence-electron chi connectivity index (χ3n) is 5.45. The van der Waals surface area contributed by atoms with Crippen LogP contribution in [-0.2, 0) is 4.74 Å². The van der Waals surface area contributed by atoms with E-state index < -0.39 is 5.91 Å². The third kappa shape index (κ3) is 4.27. The van der Waals surface area contributed by atoms with Gasteiger partial charge in [-0.3, -0.25) is 14.3 Å². The minimum atomic E-state index is -0.607. The molecule has 2 aromatic heterocycles. The Kier molecular flexibility index (Phi) is 6.83. The van der Waals surface area contributed by atoms with Crippen LogP contribution in [0.2, 0.25) is 10.0 Å². The van der Waals surface area contributed by atoms with E-state index in [1.807, 2.05) is 30.3 Å². The van der Waals surface area contributed by atoms with Gasteiger partial charge in [0.2, 0.25) is 0 Å². The zero-order chi connectivity index (χ0) is 23.5. The van der Waals surface area contributed by atoms with E-state index in [0.717, 1.165) is 5.56 Å². The van der Waals surface area contributed by atoms with Crippen molar-refractivity contribution >= 4 is 40.1 Å². The highest BCUT2D eigenvalue weighted by atomic mass is 35.5. The molecule has 0 saturated heterocycles. The second-order valence-electron chi connectivity index (χ2n) is 7.38. The number of nitrogens with two attached hydrogens (primary N) is 1. The molecule has 0 saturated carbocycles. The van der Waals surface area contributed by atoms with E-state index >= 15 is 0 Å². The van der Waals surface area contributed by atoms with Crippen LogP contribution in [0.4, 0.5) is 0 Å². The molecule has 0 spiro atoms. The lowest BCUT2D eigenvalue weighted by atomic mass is 9.95. The molecule has 2 heterocycles. The summed E-state index contributed by atoms with van der Waals surface area (Å²) in [5, 5.41) is 0.611. The van der Waals surface area contributed by atoms with Crippen LogP contribution in [0.5, 0.6) is 5.75 Å². The fraction of sp³-hybridized carbons (Fsp3) is 0.208. The van der Waals surface area contributed by atoms with Crippen molar-refractivity contribution in [3.63, 3.8) is 0 Å². The highest BCUT2D eigenvalue weighted by Gasteiger charge is 2.29. The van der Waals surface area contributed by atoms with Crippen LogP contribution in [0.25, 0.3) is 16.7 Å². The van der Waals surface area contributed by atoms with Gasteiger partial charge in [-0.2, -0.15) is 0 Å². The molecule has 1 amide bonds. The first kappa shape index (κ1) is 23.0. The number of imidazole rings is 1. The van der Waals surface area contributed by atoms with Gasteiger partial charge in [0, 0.05) is 32.0 Å². The first-order valence-corrected chi connectivity index (χ1v) is 11.0. The maximum absolute atomic E-state index is 12.4. The summed E-state index contributed by atoms with van der Waals surface area (Å²) in [6.07, 6.45) is 3.61. The summed E-state index contributed by atoms with van der Waals surface area (Å²) in [4.78, 5) is 21.5. The van der Waals surface area contributed by atoms with Gasteiger partial charge in [-0.05, 0) is 24.1 Å². The molecule has 0 aliphatic carbocycles. The third-order valence-corrected chi connectivity index (χ3v) is 6.01. The molecule has 170 valence electrons. The first-order chi connectivity index (χ1) is 16.0. The number of benzene rings is 2. The van der Waals surface area contributed by atoms with E-state index in [1.54, 1.807) is 30.9 Å². The molecule has 1 atom stereocenters. The molecule has 4 aromatic rings. The van der Waals surface area contributed by atoms with Crippen LogP contribution in [0.1, 0.15) is 34.1 Å². The van der Waals surface area contributed by atoms with Crippen molar-refractivity contribution in [2.24, 2.45) is 5.73 Å². The summed E-state index contributed by atoms with van der Waals surface area (Å²) in [7, 11) is 3.19. The smallest absolute Gasteiger partial charge is 0.250 e. The molecule has 2 aromatic carbocycles. The van der Waals surface area contributed by atoms with Crippen LogP contribution in [0.15, 0.2) is 54.9 Å². The molecule has 0 fully saturated rings. The van der Waals surface area contributed by atoms with Crippen molar-refractivity contribution in [2.75, 3.05) is 20.8 Å². The molecule has 0 radical (unpaired) electrons. The van der Waals surface area contributed by atoms with Gasteiger partial charge in [-0.15, -0.1) is 0 Å². The number of halogens is 2. The van der Waals surface area contributed by atoms with E-state index in [9.17, 15) is 4.79 Å². The number of fused-ring (bicyclic) bond motifs is 1. The van der Waals surface area contributed by atoms with Gasteiger partial charge in [0.1, 0.15) is 17.1 Å². The van der Waals surface area contributed by atoms with E-state index in [1.165, 1.54) is 12.4 Å². The molecular weight excluding hydrogens is 463 g/mol. The number of primary amides is 1. The lowest BCUT2D eigenvalue weighted by molar-refractivity contribution is 0.100. The quantitative estimate of drug-likeness (QED) is 0.379. The lowest BCUT2D eigenvalue weighted by Gasteiger charge is -2.20.